The molecule has 1 saturated heterocycles. The van der Waals surface area contributed by atoms with Gasteiger partial charge < -0.3 is 14.4 Å². The van der Waals surface area contributed by atoms with Crippen molar-refractivity contribution in [2.45, 2.75) is 40.4 Å². The van der Waals surface area contributed by atoms with Crippen LogP contribution in [0, 0.1) is 11.8 Å². The van der Waals surface area contributed by atoms with E-state index in [-0.39, 0.29) is 12.0 Å². The van der Waals surface area contributed by atoms with Crippen molar-refractivity contribution in [1.82, 2.24) is 4.90 Å². The van der Waals surface area contributed by atoms with Gasteiger partial charge in [0.25, 0.3) is 5.91 Å². The standard InChI is InChI=1S/C19H29NO3/c1-14(2)11-22-12-16-5-7-18(8-6-16)19(21)20-9-17(10-20)13-23-15(3)4/h5-8,14-15,17H,9-13H2,1-4H3. The molecule has 0 aliphatic carbocycles. The maximum Gasteiger partial charge on any atom is 0.253 e. The zero-order valence-corrected chi connectivity index (χ0v) is 14.7. The van der Waals surface area contributed by atoms with Crippen LogP contribution < -0.4 is 0 Å². The Labute approximate surface area is 139 Å². The molecule has 23 heavy (non-hydrogen) atoms. The highest BCUT2D eigenvalue weighted by Gasteiger charge is 2.31. The van der Waals surface area contributed by atoms with Crippen LogP contribution in [-0.2, 0) is 16.1 Å². The van der Waals surface area contributed by atoms with Crippen molar-refractivity contribution >= 4 is 5.91 Å². The molecule has 1 fully saturated rings. The second kappa shape index (κ2) is 8.46. The van der Waals surface area contributed by atoms with E-state index in [0.29, 0.717) is 18.4 Å². The van der Waals surface area contributed by atoms with Crippen molar-refractivity contribution < 1.29 is 14.3 Å². The minimum Gasteiger partial charge on any atom is -0.378 e. The summed E-state index contributed by atoms with van der Waals surface area (Å²) < 4.78 is 11.2. The molecule has 2 rings (SSSR count). The molecule has 128 valence electrons. The van der Waals surface area contributed by atoms with E-state index in [9.17, 15) is 4.79 Å². The molecule has 0 radical (unpaired) electrons. The fraction of sp³-hybridized carbons (Fsp3) is 0.632. The van der Waals surface area contributed by atoms with Crippen molar-refractivity contribution in [1.29, 1.82) is 0 Å². The highest BCUT2D eigenvalue weighted by molar-refractivity contribution is 5.94. The van der Waals surface area contributed by atoms with Crippen LogP contribution in [0.15, 0.2) is 24.3 Å². The molecule has 1 aromatic rings. The van der Waals surface area contributed by atoms with E-state index in [1.54, 1.807) is 0 Å². The third-order valence-corrected chi connectivity index (χ3v) is 3.83. The summed E-state index contributed by atoms with van der Waals surface area (Å²) in [7, 11) is 0. The highest BCUT2D eigenvalue weighted by Crippen LogP contribution is 2.20. The summed E-state index contributed by atoms with van der Waals surface area (Å²) in [5.41, 5.74) is 1.86. The number of hydrogen-bond acceptors (Lipinski definition) is 3. The normalized spacial score (nSPS) is 15.3. The first-order chi connectivity index (χ1) is 11.0. The van der Waals surface area contributed by atoms with Gasteiger partial charge in [0.1, 0.15) is 0 Å². The lowest BCUT2D eigenvalue weighted by atomic mass is 9.99. The van der Waals surface area contributed by atoms with Crippen LogP contribution >= 0.6 is 0 Å². The SMILES string of the molecule is CC(C)COCc1ccc(C(=O)N2CC(COC(C)C)C2)cc1. The molecule has 1 aliphatic heterocycles. The Balaban J connectivity index is 1.75. The molecule has 0 spiro atoms. The summed E-state index contributed by atoms with van der Waals surface area (Å²) in [5, 5.41) is 0. The summed E-state index contributed by atoms with van der Waals surface area (Å²) in [4.78, 5) is 14.3. The topological polar surface area (TPSA) is 38.8 Å². The minimum atomic E-state index is 0.112. The molecule has 0 saturated carbocycles. The predicted molar refractivity (Wildman–Crippen MR) is 91.4 cm³/mol. The molecule has 0 atom stereocenters. The molecule has 0 bridgehead atoms. The predicted octanol–water partition coefficient (Wildman–Crippen LogP) is 3.36. The van der Waals surface area contributed by atoms with Gasteiger partial charge in [-0.15, -0.1) is 0 Å². The molecule has 1 amide bonds. The van der Waals surface area contributed by atoms with Gasteiger partial charge in [0.15, 0.2) is 0 Å². The van der Waals surface area contributed by atoms with Crippen LogP contribution in [0.1, 0.15) is 43.6 Å². The van der Waals surface area contributed by atoms with Crippen LogP contribution in [0.2, 0.25) is 0 Å². The first-order valence-corrected chi connectivity index (χ1v) is 8.53. The number of amides is 1. The fourth-order valence-electron chi connectivity index (χ4n) is 2.51. The lowest BCUT2D eigenvalue weighted by Crippen LogP contribution is -2.51. The van der Waals surface area contributed by atoms with Crippen LogP contribution in [0.25, 0.3) is 0 Å². The Morgan fingerprint density at radius 3 is 2.39 bits per heavy atom. The number of carbonyl (C=O) groups excluding carboxylic acids is 1. The van der Waals surface area contributed by atoms with Crippen molar-refractivity contribution in [2.24, 2.45) is 11.8 Å². The third-order valence-electron chi connectivity index (χ3n) is 3.83. The first kappa shape index (κ1) is 18.0. The van der Waals surface area contributed by atoms with E-state index >= 15 is 0 Å². The number of ether oxygens (including phenoxy) is 2. The monoisotopic (exact) mass is 319 g/mol. The van der Waals surface area contributed by atoms with Gasteiger partial charge in [0.2, 0.25) is 0 Å². The number of likely N-dealkylation sites (tertiary alicyclic amines) is 1. The van der Waals surface area contributed by atoms with Gasteiger partial charge >= 0.3 is 0 Å². The second-order valence-electron chi connectivity index (χ2n) is 7.06. The second-order valence-corrected chi connectivity index (χ2v) is 7.06. The van der Waals surface area contributed by atoms with E-state index < -0.39 is 0 Å². The quantitative estimate of drug-likeness (QED) is 0.737. The smallest absolute Gasteiger partial charge is 0.253 e. The molecule has 0 aromatic heterocycles. The molecule has 1 heterocycles. The summed E-state index contributed by atoms with van der Waals surface area (Å²) in [6, 6.07) is 7.75. The first-order valence-electron chi connectivity index (χ1n) is 8.53. The molecular formula is C19H29NO3. The van der Waals surface area contributed by atoms with Crippen molar-refractivity contribution in [3.05, 3.63) is 35.4 Å². The van der Waals surface area contributed by atoms with Crippen LogP contribution in [-0.4, -0.2) is 43.2 Å². The molecule has 1 aliphatic rings. The molecule has 1 aromatic carbocycles. The number of carbonyl (C=O) groups is 1. The van der Waals surface area contributed by atoms with Gasteiger partial charge in [-0.1, -0.05) is 26.0 Å². The van der Waals surface area contributed by atoms with Gasteiger partial charge in [0.05, 0.1) is 19.3 Å². The van der Waals surface area contributed by atoms with Gasteiger partial charge in [-0.2, -0.15) is 0 Å². The van der Waals surface area contributed by atoms with Crippen LogP contribution in [0.3, 0.4) is 0 Å². The Hall–Kier alpha value is -1.39. The fourth-order valence-corrected chi connectivity index (χ4v) is 2.51. The molecule has 4 nitrogen and oxygen atoms in total. The summed E-state index contributed by atoms with van der Waals surface area (Å²) >= 11 is 0. The van der Waals surface area contributed by atoms with Crippen LogP contribution in [0.4, 0.5) is 0 Å². The van der Waals surface area contributed by atoms with E-state index in [4.69, 9.17) is 9.47 Å². The molecule has 4 heteroatoms. The van der Waals surface area contributed by atoms with E-state index in [2.05, 4.69) is 13.8 Å². The van der Waals surface area contributed by atoms with Crippen molar-refractivity contribution in [3.63, 3.8) is 0 Å². The Bertz CT molecular complexity index is 490. The lowest BCUT2D eigenvalue weighted by molar-refractivity contribution is -0.00440. The van der Waals surface area contributed by atoms with E-state index in [1.807, 2.05) is 43.0 Å². The largest absolute Gasteiger partial charge is 0.378 e. The Morgan fingerprint density at radius 1 is 1.17 bits per heavy atom. The number of rotatable bonds is 8. The Morgan fingerprint density at radius 2 is 1.83 bits per heavy atom. The average Bonchev–Trinajstić information content (AvgIpc) is 2.45. The number of hydrogen-bond donors (Lipinski definition) is 0. The summed E-state index contributed by atoms with van der Waals surface area (Å²) in [5.74, 6) is 1.13. The van der Waals surface area contributed by atoms with E-state index in [0.717, 1.165) is 37.4 Å². The lowest BCUT2D eigenvalue weighted by Gasteiger charge is -2.39. The van der Waals surface area contributed by atoms with Crippen molar-refractivity contribution in [3.8, 4) is 0 Å². The maximum atomic E-state index is 12.4. The van der Waals surface area contributed by atoms with Crippen LogP contribution in [0.5, 0.6) is 0 Å². The van der Waals surface area contributed by atoms with Gasteiger partial charge in [-0.25, -0.2) is 0 Å². The molecule has 0 N–H and O–H groups in total. The number of nitrogens with zero attached hydrogens (tertiary/aromatic N) is 1. The van der Waals surface area contributed by atoms with Gasteiger partial charge in [0, 0.05) is 31.2 Å². The Kier molecular flexibility index (Phi) is 6.60. The summed E-state index contributed by atoms with van der Waals surface area (Å²) in [6.45, 7) is 12.0. The minimum absolute atomic E-state index is 0.112. The maximum absolute atomic E-state index is 12.4. The zero-order chi connectivity index (χ0) is 16.8. The van der Waals surface area contributed by atoms with E-state index in [1.165, 1.54) is 0 Å². The highest BCUT2D eigenvalue weighted by atomic mass is 16.5. The molecule has 0 unspecified atom stereocenters. The molecular weight excluding hydrogens is 290 g/mol. The summed E-state index contributed by atoms with van der Waals surface area (Å²) in [6.07, 6.45) is 0.255. The van der Waals surface area contributed by atoms with Crippen molar-refractivity contribution in [2.75, 3.05) is 26.3 Å². The third kappa shape index (κ3) is 5.63. The van der Waals surface area contributed by atoms with Gasteiger partial charge in [-0.3, -0.25) is 4.79 Å². The average molecular weight is 319 g/mol. The van der Waals surface area contributed by atoms with Gasteiger partial charge in [-0.05, 0) is 37.5 Å². The zero-order valence-electron chi connectivity index (χ0n) is 14.7. The number of benzene rings is 1.